The fourth-order valence-electron chi connectivity index (χ4n) is 1.63. The van der Waals surface area contributed by atoms with Gasteiger partial charge in [-0.1, -0.05) is 13.8 Å². The molecule has 5 heteroatoms. The number of aliphatic carboxylic acids is 1. The Morgan fingerprint density at radius 1 is 1.38 bits per heavy atom. The molecule has 0 radical (unpaired) electrons. The molecule has 0 saturated carbocycles. The Morgan fingerprint density at radius 3 is 2.31 bits per heavy atom. The summed E-state index contributed by atoms with van der Waals surface area (Å²) in [5, 5.41) is 8.64. The molecule has 0 bridgehead atoms. The highest BCUT2D eigenvalue weighted by atomic mass is 35.5. The van der Waals surface area contributed by atoms with E-state index in [1.165, 1.54) is 0 Å². The van der Waals surface area contributed by atoms with Gasteiger partial charge < -0.3 is 14.6 Å². The van der Waals surface area contributed by atoms with Gasteiger partial charge in [0.05, 0.1) is 18.6 Å². The molecule has 96 valence electrons. The van der Waals surface area contributed by atoms with Crippen LogP contribution in [0.2, 0.25) is 0 Å². The summed E-state index contributed by atoms with van der Waals surface area (Å²) in [5.41, 5.74) is 0. The van der Waals surface area contributed by atoms with Gasteiger partial charge in [0, 0.05) is 12.3 Å². The predicted octanol–water partition coefficient (Wildman–Crippen LogP) is 2.64. The first-order chi connectivity index (χ1) is 7.43. The van der Waals surface area contributed by atoms with Crippen LogP contribution in [0.3, 0.4) is 0 Å². The van der Waals surface area contributed by atoms with Gasteiger partial charge in [-0.15, -0.1) is 11.6 Å². The standard InChI is InChI=1S/C9H15ClO4.C2H6/c1-9(2)13-6(4-8(11)12)3-7(5-10)14-9;1-2/h6-7H,3-5H2,1-2H3,(H,11,12);1-2H3/t6-,7+;/m0./s1. The van der Waals surface area contributed by atoms with E-state index in [0.29, 0.717) is 12.3 Å². The Kier molecular flexibility index (Phi) is 6.95. The molecular weight excluding hydrogens is 232 g/mol. The van der Waals surface area contributed by atoms with Gasteiger partial charge in [-0.05, 0) is 13.8 Å². The summed E-state index contributed by atoms with van der Waals surface area (Å²) in [6, 6.07) is 0. The van der Waals surface area contributed by atoms with Crippen molar-refractivity contribution < 1.29 is 19.4 Å². The average molecular weight is 253 g/mol. The van der Waals surface area contributed by atoms with Crippen molar-refractivity contribution in [2.75, 3.05) is 5.88 Å². The Balaban J connectivity index is 0.00000106. The van der Waals surface area contributed by atoms with Crippen LogP contribution in [0, 0.1) is 0 Å². The summed E-state index contributed by atoms with van der Waals surface area (Å²) in [6.45, 7) is 7.53. The Bertz CT molecular complexity index is 218. The summed E-state index contributed by atoms with van der Waals surface area (Å²) in [5.74, 6) is -1.23. The van der Waals surface area contributed by atoms with E-state index in [9.17, 15) is 4.79 Å². The molecule has 1 aliphatic heterocycles. The lowest BCUT2D eigenvalue weighted by atomic mass is 10.1. The average Bonchev–Trinajstić information content (AvgIpc) is 2.17. The van der Waals surface area contributed by atoms with Crippen molar-refractivity contribution in [3.8, 4) is 0 Å². The van der Waals surface area contributed by atoms with Gasteiger partial charge in [0.25, 0.3) is 0 Å². The summed E-state index contributed by atoms with van der Waals surface area (Å²) in [6.07, 6.45) is 0.115. The van der Waals surface area contributed by atoms with Crippen LogP contribution in [0.1, 0.15) is 40.5 Å². The second kappa shape index (κ2) is 7.09. The first-order valence-electron chi connectivity index (χ1n) is 5.56. The highest BCUT2D eigenvalue weighted by Gasteiger charge is 2.35. The fraction of sp³-hybridized carbons (Fsp3) is 0.909. The van der Waals surface area contributed by atoms with Crippen molar-refractivity contribution in [3.63, 3.8) is 0 Å². The maximum absolute atomic E-state index is 10.5. The number of halogens is 1. The Labute approximate surface area is 102 Å². The van der Waals surface area contributed by atoms with E-state index < -0.39 is 11.8 Å². The lowest BCUT2D eigenvalue weighted by molar-refractivity contribution is -0.295. The van der Waals surface area contributed by atoms with E-state index in [2.05, 4.69) is 0 Å². The summed E-state index contributed by atoms with van der Waals surface area (Å²) in [4.78, 5) is 10.5. The van der Waals surface area contributed by atoms with E-state index in [0.717, 1.165) is 0 Å². The predicted molar refractivity (Wildman–Crippen MR) is 62.8 cm³/mol. The zero-order chi connectivity index (χ0) is 12.8. The SMILES string of the molecule is CC.CC1(C)O[C@H](CC(=O)O)C[C@H](CCl)O1. The van der Waals surface area contributed by atoms with E-state index in [-0.39, 0.29) is 18.6 Å². The maximum Gasteiger partial charge on any atom is 0.305 e. The van der Waals surface area contributed by atoms with Crippen LogP contribution < -0.4 is 0 Å². The minimum Gasteiger partial charge on any atom is -0.481 e. The van der Waals surface area contributed by atoms with Gasteiger partial charge in [-0.25, -0.2) is 0 Å². The Morgan fingerprint density at radius 2 is 1.88 bits per heavy atom. The van der Waals surface area contributed by atoms with E-state index >= 15 is 0 Å². The number of ether oxygens (including phenoxy) is 2. The minimum absolute atomic E-state index is 0.000177. The van der Waals surface area contributed by atoms with Crippen LogP contribution >= 0.6 is 11.6 Å². The minimum atomic E-state index is -0.860. The first-order valence-corrected chi connectivity index (χ1v) is 6.10. The molecule has 0 aromatic carbocycles. The third kappa shape index (κ3) is 5.68. The third-order valence-corrected chi connectivity index (χ3v) is 2.35. The van der Waals surface area contributed by atoms with E-state index in [1.54, 1.807) is 13.8 Å². The summed E-state index contributed by atoms with van der Waals surface area (Å²) < 4.78 is 10.9. The second-order valence-electron chi connectivity index (χ2n) is 3.87. The molecule has 0 aromatic heterocycles. The highest BCUT2D eigenvalue weighted by Crippen LogP contribution is 2.28. The van der Waals surface area contributed by atoms with Crippen LogP contribution in [-0.4, -0.2) is 35.0 Å². The molecule has 4 nitrogen and oxygen atoms in total. The largest absolute Gasteiger partial charge is 0.481 e. The first kappa shape index (κ1) is 15.7. The molecule has 1 heterocycles. The Hall–Kier alpha value is -0.320. The number of carboxylic acid groups (broad SMARTS) is 1. The van der Waals surface area contributed by atoms with Crippen molar-refractivity contribution in [3.05, 3.63) is 0 Å². The zero-order valence-electron chi connectivity index (χ0n) is 10.3. The lowest BCUT2D eigenvalue weighted by Gasteiger charge is -2.39. The molecule has 0 amide bonds. The number of hydrogen-bond acceptors (Lipinski definition) is 3. The summed E-state index contributed by atoms with van der Waals surface area (Å²) in [7, 11) is 0. The van der Waals surface area contributed by atoms with Crippen molar-refractivity contribution in [2.45, 2.75) is 58.5 Å². The maximum atomic E-state index is 10.5. The summed E-state index contributed by atoms with van der Waals surface area (Å²) >= 11 is 5.68. The van der Waals surface area contributed by atoms with Crippen LogP contribution in [0.25, 0.3) is 0 Å². The van der Waals surface area contributed by atoms with E-state index in [1.807, 2.05) is 13.8 Å². The molecule has 0 spiro atoms. The normalized spacial score (nSPS) is 27.8. The number of alkyl halides is 1. The molecular formula is C11H21ClO4. The van der Waals surface area contributed by atoms with Gasteiger partial charge in [-0.3, -0.25) is 4.79 Å². The molecule has 1 rings (SSSR count). The number of carbonyl (C=O) groups is 1. The van der Waals surface area contributed by atoms with Gasteiger partial charge >= 0.3 is 5.97 Å². The van der Waals surface area contributed by atoms with Crippen LogP contribution in [0.5, 0.6) is 0 Å². The molecule has 16 heavy (non-hydrogen) atoms. The number of hydrogen-bond donors (Lipinski definition) is 1. The van der Waals surface area contributed by atoms with Gasteiger partial charge in [-0.2, -0.15) is 0 Å². The highest BCUT2D eigenvalue weighted by molar-refractivity contribution is 6.18. The van der Waals surface area contributed by atoms with Crippen molar-refractivity contribution in [1.82, 2.24) is 0 Å². The second-order valence-corrected chi connectivity index (χ2v) is 4.18. The van der Waals surface area contributed by atoms with Crippen LogP contribution in [0.4, 0.5) is 0 Å². The van der Waals surface area contributed by atoms with Gasteiger partial charge in [0.1, 0.15) is 0 Å². The number of carboxylic acids is 1. The topological polar surface area (TPSA) is 55.8 Å². The molecule has 1 saturated heterocycles. The van der Waals surface area contributed by atoms with E-state index in [4.69, 9.17) is 26.2 Å². The van der Waals surface area contributed by atoms with Crippen LogP contribution in [0.15, 0.2) is 0 Å². The quantitative estimate of drug-likeness (QED) is 0.785. The van der Waals surface area contributed by atoms with Gasteiger partial charge in [0.2, 0.25) is 0 Å². The molecule has 1 N–H and O–H groups in total. The third-order valence-electron chi connectivity index (χ3n) is 2.00. The molecule has 1 fully saturated rings. The van der Waals surface area contributed by atoms with Gasteiger partial charge in [0.15, 0.2) is 5.79 Å². The fourth-order valence-corrected chi connectivity index (χ4v) is 1.82. The smallest absolute Gasteiger partial charge is 0.305 e. The zero-order valence-corrected chi connectivity index (χ0v) is 11.1. The van der Waals surface area contributed by atoms with Crippen molar-refractivity contribution in [1.29, 1.82) is 0 Å². The van der Waals surface area contributed by atoms with Crippen molar-refractivity contribution in [2.24, 2.45) is 0 Å². The monoisotopic (exact) mass is 252 g/mol. The van der Waals surface area contributed by atoms with Crippen LogP contribution in [-0.2, 0) is 14.3 Å². The molecule has 0 unspecified atom stereocenters. The molecule has 1 aliphatic rings. The molecule has 2 atom stereocenters. The lowest BCUT2D eigenvalue weighted by Crippen LogP contribution is -2.45. The molecule has 0 aliphatic carbocycles. The van der Waals surface area contributed by atoms with Crippen molar-refractivity contribution >= 4 is 17.6 Å². The number of rotatable bonds is 3. The molecule has 0 aromatic rings.